The van der Waals surface area contributed by atoms with E-state index >= 15 is 0 Å². The zero-order valence-corrected chi connectivity index (χ0v) is 14.6. The molecule has 24 heavy (non-hydrogen) atoms. The Morgan fingerprint density at radius 3 is 2.38 bits per heavy atom. The van der Waals surface area contributed by atoms with E-state index < -0.39 is 27.8 Å². The fraction of sp³-hybridized carbons (Fsp3) is 0.188. The number of halogens is 2. The molecule has 0 bridgehead atoms. The lowest BCUT2D eigenvalue weighted by molar-refractivity contribution is -0.117. The molecule has 0 fully saturated rings. The summed E-state index contributed by atoms with van der Waals surface area (Å²) in [7, 11) is -3.93. The number of amides is 1. The first kappa shape index (κ1) is 18.4. The fourth-order valence-corrected chi connectivity index (χ4v) is 3.41. The van der Waals surface area contributed by atoms with E-state index in [2.05, 4.69) is 10.0 Å². The molecule has 8 heteroatoms. The van der Waals surface area contributed by atoms with Crippen molar-refractivity contribution in [3.05, 3.63) is 58.9 Å². The standard InChI is InChI=1S/C16H16ClFN2O3S/c1-10-9-12(17)3-8-15(10)19-16(21)11(2)20-24(22,23)14-6-4-13(18)5-7-14/h3-9,11,20H,1-2H3,(H,19,21). The van der Waals surface area contributed by atoms with Crippen LogP contribution in [0, 0.1) is 12.7 Å². The molecule has 0 saturated carbocycles. The monoisotopic (exact) mass is 370 g/mol. The van der Waals surface area contributed by atoms with Crippen LogP contribution in [0.25, 0.3) is 0 Å². The summed E-state index contributed by atoms with van der Waals surface area (Å²) in [6.07, 6.45) is 0. The number of carbonyl (C=O) groups is 1. The van der Waals surface area contributed by atoms with Crippen LogP contribution < -0.4 is 10.0 Å². The molecule has 0 radical (unpaired) electrons. The van der Waals surface area contributed by atoms with Crippen molar-refractivity contribution in [3.8, 4) is 0 Å². The fourth-order valence-electron chi connectivity index (χ4n) is 1.98. The molecule has 0 heterocycles. The molecule has 128 valence electrons. The normalized spacial score (nSPS) is 12.7. The van der Waals surface area contributed by atoms with Gasteiger partial charge in [0.05, 0.1) is 10.9 Å². The number of hydrogen-bond donors (Lipinski definition) is 2. The average Bonchev–Trinajstić information content (AvgIpc) is 2.50. The molecule has 5 nitrogen and oxygen atoms in total. The molecule has 0 aliphatic rings. The second kappa shape index (κ2) is 7.29. The third kappa shape index (κ3) is 4.53. The number of benzene rings is 2. The Labute approximate surface area is 144 Å². The summed E-state index contributed by atoms with van der Waals surface area (Å²) in [5, 5.41) is 3.17. The maximum atomic E-state index is 12.9. The van der Waals surface area contributed by atoms with Crippen LogP contribution in [-0.4, -0.2) is 20.4 Å². The predicted octanol–water partition coefficient (Wildman–Crippen LogP) is 3.09. The molecule has 0 aromatic heterocycles. The van der Waals surface area contributed by atoms with Gasteiger partial charge in [-0.3, -0.25) is 4.79 Å². The smallest absolute Gasteiger partial charge is 0.242 e. The van der Waals surface area contributed by atoms with Crippen LogP contribution in [0.15, 0.2) is 47.4 Å². The lowest BCUT2D eigenvalue weighted by Crippen LogP contribution is -2.41. The molecule has 0 spiro atoms. The van der Waals surface area contributed by atoms with Crippen molar-refractivity contribution in [2.24, 2.45) is 0 Å². The van der Waals surface area contributed by atoms with E-state index in [4.69, 9.17) is 11.6 Å². The SMILES string of the molecule is Cc1cc(Cl)ccc1NC(=O)C(C)NS(=O)(=O)c1ccc(F)cc1. The van der Waals surface area contributed by atoms with Gasteiger partial charge in [-0.05, 0) is 61.9 Å². The number of carbonyl (C=O) groups excluding carboxylic acids is 1. The maximum Gasteiger partial charge on any atom is 0.242 e. The Kier molecular flexibility index (Phi) is 5.58. The number of anilines is 1. The maximum absolute atomic E-state index is 12.9. The summed E-state index contributed by atoms with van der Waals surface area (Å²) in [6, 6.07) is 8.26. The van der Waals surface area contributed by atoms with Gasteiger partial charge in [0.15, 0.2) is 0 Å². The first-order valence-corrected chi connectivity index (χ1v) is 8.90. The molecule has 0 saturated heterocycles. The summed E-state index contributed by atoms with van der Waals surface area (Å²) in [5.41, 5.74) is 1.29. The molecule has 2 N–H and O–H groups in total. The molecule has 2 rings (SSSR count). The predicted molar refractivity (Wildman–Crippen MR) is 91.0 cm³/mol. The van der Waals surface area contributed by atoms with Crippen LogP contribution >= 0.6 is 11.6 Å². The van der Waals surface area contributed by atoms with Gasteiger partial charge in [-0.15, -0.1) is 0 Å². The van der Waals surface area contributed by atoms with Gasteiger partial charge in [0.2, 0.25) is 15.9 Å². The van der Waals surface area contributed by atoms with Crippen molar-refractivity contribution in [1.82, 2.24) is 4.72 Å². The summed E-state index contributed by atoms with van der Waals surface area (Å²) < 4.78 is 39.5. The molecule has 1 amide bonds. The van der Waals surface area contributed by atoms with Crippen LogP contribution in [0.3, 0.4) is 0 Å². The number of aryl methyl sites for hydroxylation is 1. The summed E-state index contributed by atoms with van der Waals surface area (Å²) in [5.74, 6) is -1.07. The Hall–Kier alpha value is -1.96. The van der Waals surface area contributed by atoms with Gasteiger partial charge in [-0.25, -0.2) is 12.8 Å². The minimum Gasteiger partial charge on any atom is -0.324 e. The highest BCUT2D eigenvalue weighted by Gasteiger charge is 2.22. The van der Waals surface area contributed by atoms with E-state index in [1.54, 1.807) is 25.1 Å². The first-order valence-electron chi connectivity index (χ1n) is 7.04. The molecule has 2 aromatic carbocycles. The van der Waals surface area contributed by atoms with Crippen LogP contribution in [-0.2, 0) is 14.8 Å². The minimum atomic E-state index is -3.93. The Balaban J connectivity index is 2.09. The van der Waals surface area contributed by atoms with Crippen LogP contribution in [0.5, 0.6) is 0 Å². The lowest BCUT2D eigenvalue weighted by atomic mass is 10.2. The number of hydrogen-bond acceptors (Lipinski definition) is 3. The third-order valence-corrected chi connectivity index (χ3v) is 5.09. The van der Waals surface area contributed by atoms with Gasteiger partial charge in [-0.2, -0.15) is 4.72 Å². The highest BCUT2D eigenvalue weighted by molar-refractivity contribution is 7.89. The van der Waals surface area contributed by atoms with Crippen molar-refractivity contribution >= 4 is 33.2 Å². The summed E-state index contributed by atoms with van der Waals surface area (Å²) in [4.78, 5) is 12.1. The van der Waals surface area contributed by atoms with Crippen molar-refractivity contribution < 1.29 is 17.6 Å². The van der Waals surface area contributed by atoms with Gasteiger partial charge in [0.1, 0.15) is 5.82 Å². The van der Waals surface area contributed by atoms with E-state index in [0.29, 0.717) is 10.7 Å². The number of rotatable bonds is 5. The summed E-state index contributed by atoms with van der Waals surface area (Å²) in [6.45, 7) is 3.19. The van der Waals surface area contributed by atoms with Gasteiger partial charge < -0.3 is 5.32 Å². The molecule has 0 aliphatic carbocycles. The largest absolute Gasteiger partial charge is 0.324 e. The van der Waals surface area contributed by atoms with Crippen molar-refractivity contribution in [3.63, 3.8) is 0 Å². The van der Waals surface area contributed by atoms with E-state index in [0.717, 1.165) is 29.8 Å². The minimum absolute atomic E-state index is 0.119. The molecule has 2 aromatic rings. The van der Waals surface area contributed by atoms with Gasteiger partial charge in [0.25, 0.3) is 0 Å². The lowest BCUT2D eigenvalue weighted by Gasteiger charge is -2.15. The second-order valence-corrected chi connectivity index (χ2v) is 7.40. The Morgan fingerprint density at radius 1 is 1.17 bits per heavy atom. The molecular weight excluding hydrogens is 355 g/mol. The van der Waals surface area contributed by atoms with Gasteiger partial charge in [0, 0.05) is 10.7 Å². The van der Waals surface area contributed by atoms with Crippen LogP contribution in [0.4, 0.5) is 10.1 Å². The van der Waals surface area contributed by atoms with E-state index in [1.165, 1.54) is 6.92 Å². The van der Waals surface area contributed by atoms with Gasteiger partial charge in [-0.1, -0.05) is 11.6 Å². The van der Waals surface area contributed by atoms with Crippen molar-refractivity contribution in [1.29, 1.82) is 0 Å². The molecule has 1 atom stereocenters. The third-order valence-electron chi connectivity index (χ3n) is 3.30. The quantitative estimate of drug-likeness (QED) is 0.849. The van der Waals surface area contributed by atoms with E-state index in [1.807, 2.05) is 0 Å². The van der Waals surface area contributed by atoms with E-state index in [-0.39, 0.29) is 4.90 Å². The van der Waals surface area contributed by atoms with Crippen LogP contribution in [0.2, 0.25) is 5.02 Å². The molecule has 0 aliphatic heterocycles. The van der Waals surface area contributed by atoms with Crippen molar-refractivity contribution in [2.75, 3.05) is 5.32 Å². The highest BCUT2D eigenvalue weighted by Crippen LogP contribution is 2.20. The van der Waals surface area contributed by atoms with E-state index in [9.17, 15) is 17.6 Å². The zero-order chi connectivity index (χ0) is 17.9. The molecule has 1 unspecified atom stereocenters. The van der Waals surface area contributed by atoms with Gasteiger partial charge >= 0.3 is 0 Å². The number of nitrogens with one attached hydrogen (secondary N) is 2. The first-order chi connectivity index (χ1) is 11.2. The number of sulfonamides is 1. The van der Waals surface area contributed by atoms with Crippen LogP contribution in [0.1, 0.15) is 12.5 Å². The highest BCUT2D eigenvalue weighted by atomic mass is 35.5. The van der Waals surface area contributed by atoms with Crippen molar-refractivity contribution in [2.45, 2.75) is 24.8 Å². The summed E-state index contributed by atoms with van der Waals surface area (Å²) >= 11 is 5.85. The Morgan fingerprint density at radius 2 is 1.79 bits per heavy atom. The second-order valence-electron chi connectivity index (χ2n) is 5.25. The average molecular weight is 371 g/mol. The Bertz CT molecular complexity index is 854. The zero-order valence-electron chi connectivity index (χ0n) is 13.0. The topological polar surface area (TPSA) is 75.3 Å². The molecular formula is C16H16ClFN2O3S.